The molecule has 8 nitrogen and oxygen atoms in total. The third-order valence-corrected chi connectivity index (χ3v) is 6.27. The molecule has 27 heavy (non-hydrogen) atoms. The second-order valence-corrected chi connectivity index (χ2v) is 7.77. The Morgan fingerprint density at radius 1 is 1.22 bits per heavy atom. The quantitative estimate of drug-likeness (QED) is 0.485. The van der Waals surface area contributed by atoms with Crippen LogP contribution in [0.2, 0.25) is 0 Å². The normalized spacial score (nSPS) is 28.6. The van der Waals surface area contributed by atoms with Crippen LogP contribution in [0.4, 0.5) is 11.4 Å². The first kappa shape index (κ1) is 17.6. The van der Waals surface area contributed by atoms with Crippen molar-refractivity contribution >= 4 is 29.1 Å². The zero-order valence-corrected chi connectivity index (χ0v) is 15.0. The number of rotatable bonds is 5. The van der Waals surface area contributed by atoms with E-state index in [0.717, 1.165) is 19.3 Å². The molecule has 0 aromatic heterocycles. The standard InChI is InChI=1S/C19H21N3O5/c1-10-2-5-13(9-14(10)22(26)27)20-15(23)6-7-21-18(24)16-11-3-4-12(8-11)17(16)19(21)25/h2,5,9,11-12,16-17H,3-4,6-8H2,1H3,(H,20,23)/t11-,12-,16-,17-/m0/s1. The van der Waals surface area contributed by atoms with Crippen LogP contribution >= 0.6 is 0 Å². The number of nitro groups is 1. The Hall–Kier alpha value is -2.77. The number of amides is 3. The minimum absolute atomic E-state index is 0.0199. The van der Waals surface area contributed by atoms with Crippen molar-refractivity contribution in [2.24, 2.45) is 23.7 Å². The minimum atomic E-state index is -0.500. The van der Waals surface area contributed by atoms with Crippen molar-refractivity contribution in [3.8, 4) is 0 Å². The molecule has 2 bridgehead atoms. The maximum Gasteiger partial charge on any atom is 0.274 e. The second-order valence-electron chi connectivity index (χ2n) is 7.77. The first-order chi connectivity index (χ1) is 12.9. The zero-order chi connectivity index (χ0) is 19.3. The summed E-state index contributed by atoms with van der Waals surface area (Å²) in [6, 6.07) is 4.47. The number of imide groups is 1. The molecule has 0 spiro atoms. The first-order valence-corrected chi connectivity index (χ1v) is 9.27. The van der Waals surface area contributed by atoms with E-state index < -0.39 is 4.92 Å². The number of carbonyl (C=O) groups is 3. The number of benzene rings is 1. The van der Waals surface area contributed by atoms with E-state index in [2.05, 4.69) is 5.32 Å². The summed E-state index contributed by atoms with van der Waals surface area (Å²) in [5, 5.41) is 13.6. The van der Waals surface area contributed by atoms with Gasteiger partial charge in [0.2, 0.25) is 17.7 Å². The van der Waals surface area contributed by atoms with Crippen LogP contribution in [0.25, 0.3) is 0 Å². The van der Waals surface area contributed by atoms with Gasteiger partial charge in [0.25, 0.3) is 5.69 Å². The molecule has 3 amide bonds. The molecule has 0 unspecified atom stereocenters. The fourth-order valence-electron chi connectivity index (χ4n) is 5.01. The van der Waals surface area contributed by atoms with E-state index >= 15 is 0 Å². The van der Waals surface area contributed by atoms with E-state index in [9.17, 15) is 24.5 Å². The van der Waals surface area contributed by atoms with Crippen LogP contribution in [0.3, 0.4) is 0 Å². The van der Waals surface area contributed by atoms with Gasteiger partial charge in [-0.3, -0.25) is 29.4 Å². The largest absolute Gasteiger partial charge is 0.326 e. The molecular weight excluding hydrogens is 350 g/mol. The van der Waals surface area contributed by atoms with E-state index in [4.69, 9.17) is 0 Å². The van der Waals surface area contributed by atoms with Crippen molar-refractivity contribution in [1.29, 1.82) is 0 Å². The molecule has 4 atom stereocenters. The molecule has 2 aliphatic carbocycles. The number of aryl methyl sites for hydroxylation is 1. The number of nitrogens with one attached hydrogen (secondary N) is 1. The maximum atomic E-state index is 12.6. The van der Waals surface area contributed by atoms with Gasteiger partial charge < -0.3 is 5.32 Å². The van der Waals surface area contributed by atoms with E-state index in [1.807, 2.05) is 0 Å². The van der Waals surface area contributed by atoms with E-state index in [0.29, 0.717) is 23.1 Å². The fourth-order valence-corrected chi connectivity index (χ4v) is 5.01. The summed E-state index contributed by atoms with van der Waals surface area (Å²) >= 11 is 0. The van der Waals surface area contributed by atoms with Crippen LogP contribution in [0.1, 0.15) is 31.2 Å². The number of nitro benzene ring substituents is 1. The second kappa shape index (κ2) is 6.44. The third-order valence-electron chi connectivity index (χ3n) is 6.27. The number of anilines is 1. The molecule has 1 heterocycles. The number of hydrogen-bond acceptors (Lipinski definition) is 5. The SMILES string of the molecule is Cc1ccc(NC(=O)CCN2C(=O)[C@H]3[C@H]4CC[C@@H](C4)[C@@H]3C2=O)cc1[N+](=O)[O-]. The van der Waals surface area contributed by atoms with Gasteiger partial charge in [0.1, 0.15) is 0 Å². The highest BCUT2D eigenvalue weighted by atomic mass is 16.6. The number of nitrogens with zero attached hydrogens (tertiary/aromatic N) is 2. The van der Waals surface area contributed by atoms with Gasteiger partial charge in [0, 0.05) is 30.3 Å². The van der Waals surface area contributed by atoms with Crippen molar-refractivity contribution in [1.82, 2.24) is 4.90 Å². The van der Waals surface area contributed by atoms with Crippen molar-refractivity contribution in [3.63, 3.8) is 0 Å². The summed E-state index contributed by atoms with van der Waals surface area (Å²) in [6.07, 6.45) is 3.00. The van der Waals surface area contributed by atoms with Gasteiger partial charge in [-0.2, -0.15) is 0 Å². The molecule has 3 fully saturated rings. The summed E-state index contributed by atoms with van der Waals surface area (Å²) in [7, 11) is 0. The third kappa shape index (κ3) is 2.89. The van der Waals surface area contributed by atoms with Gasteiger partial charge in [-0.25, -0.2) is 0 Å². The summed E-state index contributed by atoms with van der Waals surface area (Å²) in [5.74, 6) is -0.356. The first-order valence-electron chi connectivity index (χ1n) is 9.27. The average Bonchev–Trinajstić information content (AvgIpc) is 3.29. The Morgan fingerprint density at radius 2 is 1.85 bits per heavy atom. The number of likely N-dealkylation sites (tertiary alicyclic amines) is 1. The van der Waals surface area contributed by atoms with Gasteiger partial charge >= 0.3 is 0 Å². The smallest absolute Gasteiger partial charge is 0.274 e. The number of carbonyl (C=O) groups excluding carboxylic acids is 3. The molecule has 2 saturated carbocycles. The van der Waals surface area contributed by atoms with Gasteiger partial charge in [-0.05, 0) is 44.1 Å². The Kier molecular flexibility index (Phi) is 4.20. The molecule has 3 aliphatic rings. The molecular formula is C19H21N3O5. The minimum Gasteiger partial charge on any atom is -0.326 e. The summed E-state index contributed by atoms with van der Waals surface area (Å²) in [4.78, 5) is 49.2. The highest BCUT2D eigenvalue weighted by Crippen LogP contribution is 2.56. The highest BCUT2D eigenvalue weighted by molar-refractivity contribution is 6.06. The van der Waals surface area contributed by atoms with E-state index in [-0.39, 0.29) is 48.2 Å². The van der Waals surface area contributed by atoms with Gasteiger partial charge in [-0.15, -0.1) is 0 Å². The van der Waals surface area contributed by atoms with Crippen molar-refractivity contribution in [2.45, 2.75) is 32.6 Å². The number of fused-ring (bicyclic) bond motifs is 5. The van der Waals surface area contributed by atoms with Crippen LogP contribution < -0.4 is 5.32 Å². The van der Waals surface area contributed by atoms with Gasteiger partial charge in [-0.1, -0.05) is 6.07 Å². The lowest BCUT2D eigenvalue weighted by molar-refractivity contribution is -0.385. The van der Waals surface area contributed by atoms with Crippen LogP contribution in [-0.4, -0.2) is 34.1 Å². The predicted molar refractivity (Wildman–Crippen MR) is 95.6 cm³/mol. The highest BCUT2D eigenvalue weighted by Gasteiger charge is 2.60. The molecule has 8 heteroatoms. The van der Waals surface area contributed by atoms with E-state index in [1.54, 1.807) is 19.1 Å². The van der Waals surface area contributed by atoms with Crippen LogP contribution in [0.15, 0.2) is 18.2 Å². The fraction of sp³-hybridized carbons (Fsp3) is 0.526. The Bertz CT molecular complexity index is 824. The summed E-state index contributed by atoms with van der Waals surface area (Å²) in [6.45, 7) is 1.68. The van der Waals surface area contributed by atoms with Gasteiger partial charge in [0.05, 0.1) is 16.8 Å². The lowest BCUT2D eigenvalue weighted by atomic mass is 9.81. The summed E-state index contributed by atoms with van der Waals surface area (Å²) in [5.41, 5.74) is 0.764. The van der Waals surface area contributed by atoms with Gasteiger partial charge in [0.15, 0.2) is 0 Å². The Labute approximate surface area is 156 Å². The zero-order valence-electron chi connectivity index (χ0n) is 15.0. The molecule has 1 saturated heterocycles. The van der Waals surface area contributed by atoms with Crippen LogP contribution in [0.5, 0.6) is 0 Å². The lowest BCUT2D eigenvalue weighted by Crippen LogP contribution is -2.35. The molecule has 1 N–H and O–H groups in total. The summed E-state index contributed by atoms with van der Waals surface area (Å²) < 4.78 is 0. The molecule has 1 aromatic carbocycles. The van der Waals surface area contributed by atoms with Crippen LogP contribution in [-0.2, 0) is 14.4 Å². The monoisotopic (exact) mass is 371 g/mol. The molecule has 0 radical (unpaired) electrons. The Morgan fingerprint density at radius 3 is 2.44 bits per heavy atom. The maximum absolute atomic E-state index is 12.6. The molecule has 4 rings (SSSR count). The van der Waals surface area contributed by atoms with E-state index in [1.165, 1.54) is 11.0 Å². The number of hydrogen-bond donors (Lipinski definition) is 1. The van der Waals surface area contributed by atoms with Crippen LogP contribution in [0, 0.1) is 40.7 Å². The molecule has 142 valence electrons. The topological polar surface area (TPSA) is 110 Å². The Balaban J connectivity index is 1.37. The predicted octanol–water partition coefficient (Wildman–Crippen LogP) is 2.26. The van der Waals surface area contributed by atoms with Crippen molar-refractivity contribution in [3.05, 3.63) is 33.9 Å². The average molecular weight is 371 g/mol. The molecule has 1 aliphatic heterocycles. The van der Waals surface area contributed by atoms with Crippen molar-refractivity contribution < 1.29 is 19.3 Å². The lowest BCUT2D eigenvalue weighted by Gasteiger charge is -2.19. The van der Waals surface area contributed by atoms with Crippen molar-refractivity contribution in [2.75, 3.05) is 11.9 Å². The molecule has 1 aromatic rings.